The standard InChI is InChI=1S/C15H15FN2O/c16-12-6-7-14(17-10-12)18-13-8-9-19-15(13)11-4-2-1-3-5-11/h1-7,10,13,15H,8-9H2,(H,17,18). The molecule has 1 N–H and O–H groups in total. The molecule has 1 aliphatic rings. The molecule has 2 heterocycles. The van der Waals surface area contributed by atoms with Crippen LogP contribution in [0.3, 0.4) is 0 Å². The van der Waals surface area contributed by atoms with Crippen molar-refractivity contribution in [1.82, 2.24) is 4.98 Å². The Kier molecular flexibility index (Phi) is 3.42. The van der Waals surface area contributed by atoms with Crippen LogP contribution in [-0.2, 0) is 4.74 Å². The summed E-state index contributed by atoms with van der Waals surface area (Å²) >= 11 is 0. The van der Waals surface area contributed by atoms with Crippen molar-refractivity contribution in [2.45, 2.75) is 18.6 Å². The van der Waals surface area contributed by atoms with Crippen molar-refractivity contribution >= 4 is 5.82 Å². The number of nitrogens with zero attached hydrogens (tertiary/aromatic N) is 1. The molecule has 19 heavy (non-hydrogen) atoms. The van der Waals surface area contributed by atoms with Crippen molar-refractivity contribution in [2.75, 3.05) is 11.9 Å². The highest BCUT2D eigenvalue weighted by Gasteiger charge is 2.29. The fourth-order valence-electron chi connectivity index (χ4n) is 2.36. The molecule has 0 radical (unpaired) electrons. The molecule has 3 rings (SSSR count). The number of ether oxygens (including phenoxy) is 1. The van der Waals surface area contributed by atoms with Gasteiger partial charge in [-0.3, -0.25) is 0 Å². The first-order valence-electron chi connectivity index (χ1n) is 6.37. The average Bonchev–Trinajstić information content (AvgIpc) is 2.90. The lowest BCUT2D eigenvalue weighted by atomic mass is 10.0. The topological polar surface area (TPSA) is 34.1 Å². The van der Waals surface area contributed by atoms with Crippen LogP contribution in [0.4, 0.5) is 10.2 Å². The van der Waals surface area contributed by atoms with Gasteiger partial charge < -0.3 is 10.1 Å². The van der Waals surface area contributed by atoms with Gasteiger partial charge in [-0.1, -0.05) is 30.3 Å². The fourth-order valence-corrected chi connectivity index (χ4v) is 2.36. The summed E-state index contributed by atoms with van der Waals surface area (Å²) in [6.07, 6.45) is 2.15. The summed E-state index contributed by atoms with van der Waals surface area (Å²) in [6.45, 7) is 0.721. The third kappa shape index (κ3) is 2.74. The molecule has 1 fully saturated rings. The average molecular weight is 258 g/mol. The molecule has 1 aromatic carbocycles. The van der Waals surface area contributed by atoms with E-state index >= 15 is 0 Å². The predicted octanol–water partition coefficient (Wildman–Crippen LogP) is 3.16. The number of pyridine rings is 1. The Hall–Kier alpha value is -1.94. The minimum atomic E-state index is -0.326. The third-order valence-electron chi connectivity index (χ3n) is 3.28. The summed E-state index contributed by atoms with van der Waals surface area (Å²) in [7, 11) is 0. The van der Waals surface area contributed by atoms with Crippen LogP contribution in [0.25, 0.3) is 0 Å². The zero-order valence-corrected chi connectivity index (χ0v) is 10.4. The number of hydrogen-bond acceptors (Lipinski definition) is 3. The first-order valence-corrected chi connectivity index (χ1v) is 6.37. The van der Waals surface area contributed by atoms with Gasteiger partial charge in [0.1, 0.15) is 17.7 Å². The van der Waals surface area contributed by atoms with E-state index in [1.165, 1.54) is 12.3 Å². The minimum Gasteiger partial charge on any atom is -0.371 e. The van der Waals surface area contributed by atoms with Gasteiger partial charge in [0.25, 0.3) is 0 Å². The van der Waals surface area contributed by atoms with Crippen LogP contribution in [0.15, 0.2) is 48.7 Å². The van der Waals surface area contributed by atoms with Crippen molar-refractivity contribution in [2.24, 2.45) is 0 Å². The Labute approximate surface area is 111 Å². The van der Waals surface area contributed by atoms with Crippen LogP contribution in [0.5, 0.6) is 0 Å². The molecule has 2 unspecified atom stereocenters. The smallest absolute Gasteiger partial charge is 0.141 e. The van der Waals surface area contributed by atoms with E-state index in [-0.39, 0.29) is 18.0 Å². The lowest BCUT2D eigenvalue weighted by Gasteiger charge is -2.20. The van der Waals surface area contributed by atoms with Gasteiger partial charge in [-0.15, -0.1) is 0 Å². The van der Waals surface area contributed by atoms with Crippen LogP contribution >= 0.6 is 0 Å². The Morgan fingerprint density at radius 2 is 2.00 bits per heavy atom. The molecule has 1 aromatic heterocycles. The predicted molar refractivity (Wildman–Crippen MR) is 71.4 cm³/mol. The summed E-state index contributed by atoms with van der Waals surface area (Å²) in [5.74, 6) is 0.352. The summed E-state index contributed by atoms with van der Waals surface area (Å²) in [5.41, 5.74) is 1.15. The zero-order valence-electron chi connectivity index (χ0n) is 10.4. The van der Waals surface area contributed by atoms with Gasteiger partial charge in [-0.25, -0.2) is 9.37 Å². The molecule has 0 bridgehead atoms. The number of nitrogens with one attached hydrogen (secondary N) is 1. The fraction of sp³-hybridized carbons (Fsp3) is 0.267. The summed E-state index contributed by atoms with van der Waals surface area (Å²) in [4.78, 5) is 4.03. The number of anilines is 1. The highest BCUT2D eigenvalue weighted by Crippen LogP contribution is 2.30. The molecule has 2 atom stereocenters. The van der Waals surface area contributed by atoms with Gasteiger partial charge in [0.2, 0.25) is 0 Å². The van der Waals surface area contributed by atoms with E-state index in [4.69, 9.17) is 4.74 Å². The van der Waals surface area contributed by atoms with Gasteiger partial charge in [0, 0.05) is 6.61 Å². The van der Waals surface area contributed by atoms with Crippen LogP contribution in [-0.4, -0.2) is 17.6 Å². The minimum absolute atomic E-state index is 0.0213. The number of benzene rings is 1. The second-order valence-electron chi connectivity index (χ2n) is 4.60. The molecule has 2 aromatic rings. The molecule has 4 heteroatoms. The monoisotopic (exact) mass is 258 g/mol. The summed E-state index contributed by atoms with van der Waals surface area (Å²) in [5, 5.41) is 3.31. The van der Waals surface area contributed by atoms with Crippen molar-refractivity contribution in [3.63, 3.8) is 0 Å². The van der Waals surface area contributed by atoms with Gasteiger partial charge >= 0.3 is 0 Å². The Balaban J connectivity index is 1.75. The maximum Gasteiger partial charge on any atom is 0.141 e. The highest BCUT2D eigenvalue weighted by atomic mass is 19.1. The molecule has 0 saturated carbocycles. The lowest BCUT2D eigenvalue weighted by Crippen LogP contribution is -2.23. The van der Waals surface area contributed by atoms with Crippen LogP contribution < -0.4 is 5.32 Å². The molecule has 98 valence electrons. The summed E-state index contributed by atoms with van der Waals surface area (Å²) in [6, 6.07) is 13.3. The van der Waals surface area contributed by atoms with Gasteiger partial charge in [0.05, 0.1) is 12.2 Å². The Morgan fingerprint density at radius 3 is 2.74 bits per heavy atom. The molecular weight excluding hydrogens is 243 g/mol. The third-order valence-corrected chi connectivity index (χ3v) is 3.28. The van der Waals surface area contributed by atoms with E-state index in [2.05, 4.69) is 22.4 Å². The molecule has 0 spiro atoms. The summed E-state index contributed by atoms with van der Waals surface area (Å²) < 4.78 is 18.6. The SMILES string of the molecule is Fc1ccc(NC2CCOC2c2ccccc2)nc1. The normalized spacial score (nSPS) is 22.4. The van der Waals surface area contributed by atoms with E-state index in [0.29, 0.717) is 5.82 Å². The van der Waals surface area contributed by atoms with Crippen LogP contribution in [0.2, 0.25) is 0 Å². The molecular formula is C15H15FN2O. The lowest BCUT2D eigenvalue weighted by molar-refractivity contribution is 0.107. The second-order valence-corrected chi connectivity index (χ2v) is 4.60. The van der Waals surface area contributed by atoms with Crippen molar-refractivity contribution in [3.8, 4) is 0 Å². The van der Waals surface area contributed by atoms with E-state index in [1.54, 1.807) is 6.07 Å². The number of rotatable bonds is 3. The molecule has 1 saturated heterocycles. The molecule has 0 amide bonds. The quantitative estimate of drug-likeness (QED) is 0.918. The van der Waals surface area contributed by atoms with E-state index in [1.807, 2.05) is 18.2 Å². The van der Waals surface area contributed by atoms with Crippen LogP contribution in [0, 0.1) is 5.82 Å². The van der Waals surface area contributed by atoms with Gasteiger partial charge in [-0.2, -0.15) is 0 Å². The van der Waals surface area contributed by atoms with Gasteiger partial charge in [0.15, 0.2) is 0 Å². The van der Waals surface area contributed by atoms with Gasteiger partial charge in [-0.05, 0) is 24.1 Å². The zero-order chi connectivity index (χ0) is 13.1. The highest BCUT2D eigenvalue weighted by molar-refractivity contribution is 5.37. The molecule has 3 nitrogen and oxygen atoms in total. The Bertz CT molecular complexity index is 530. The first-order chi connectivity index (χ1) is 9.33. The van der Waals surface area contributed by atoms with Crippen molar-refractivity contribution in [3.05, 3.63) is 60.0 Å². The first kappa shape index (κ1) is 12.1. The number of aromatic nitrogens is 1. The number of halogens is 1. The van der Waals surface area contributed by atoms with E-state index in [9.17, 15) is 4.39 Å². The maximum absolute atomic E-state index is 12.8. The molecule has 1 aliphatic heterocycles. The maximum atomic E-state index is 12.8. The number of hydrogen-bond donors (Lipinski definition) is 1. The van der Waals surface area contributed by atoms with Crippen molar-refractivity contribution < 1.29 is 9.13 Å². The Morgan fingerprint density at radius 1 is 1.16 bits per heavy atom. The van der Waals surface area contributed by atoms with Crippen LogP contribution in [0.1, 0.15) is 18.1 Å². The van der Waals surface area contributed by atoms with E-state index in [0.717, 1.165) is 18.6 Å². The molecule has 0 aliphatic carbocycles. The van der Waals surface area contributed by atoms with Crippen molar-refractivity contribution in [1.29, 1.82) is 0 Å². The second kappa shape index (κ2) is 5.36. The largest absolute Gasteiger partial charge is 0.371 e. The van der Waals surface area contributed by atoms with E-state index < -0.39 is 0 Å².